The lowest BCUT2D eigenvalue weighted by Gasteiger charge is -2.11. The molecule has 0 aliphatic carbocycles. The standard InChI is InChI=1S/C12H12BrNO3S2/c1-7-6-10(15)8(2)5-9(7)14-19(16,17)12-4-3-11(13)18-12/h3-6,14-15H,1-2H3. The molecule has 0 bridgehead atoms. The van der Waals surface area contributed by atoms with E-state index in [9.17, 15) is 13.5 Å². The van der Waals surface area contributed by atoms with Crippen molar-refractivity contribution in [3.8, 4) is 5.75 Å². The van der Waals surface area contributed by atoms with Gasteiger partial charge in [-0.2, -0.15) is 0 Å². The van der Waals surface area contributed by atoms with Crippen molar-refractivity contribution in [2.45, 2.75) is 18.1 Å². The first-order valence-corrected chi connectivity index (χ1v) is 8.47. The Morgan fingerprint density at radius 1 is 1.21 bits per heavy atom. The molecule has 4 nitrogen and oxygen atoms in total. The Bertz CT molecular complexity index is 723. The van der Waals surface area contributed by atoms with Crippen molar-refractivity contribution in [1.82, 2.24) is 0 Å². The zero-order chi connectivity index (χ0) is 14.2. The molecule has 0 unspecified atom stereocenters. The summed E-state index contributed by atoms with van der Waals surface area (Å²) in [4.78, 5) is 0. The summed E-state index contributed by atoms with van der Waals surface area (Å²) in [7, 11) is -3.59. The van der Waals surface area contributed by atoms with Crippen LogP contribution < -0.4 is 4.72 Å². The van der Waals surface area contributed by atoms with Gasteiger partial charge in [0.15, 0.2) is 0 Å². The SMILES string of the molecule is Cc1cc(NS(=O)(=O)c2ccc(Br)s2)c(C)cc1O. The van der Waals surface area contributed by atoms with Crippen LogP contribution >= 0.6 is 27.3 Å². The van der Waals surface area contributed by atoms with Gasteiger partial charge < -0.3 is 5.11 Å². The summed E-state index contributed by atoms with van der Waals surface area (Å²) in [6.07, 6.45) is 0. The molecule has 0 amide bonds. The highest BCUT2D eigenvalue weighted by Gasteiger charge is 2.18. The molecule has 7 heteroatoms. The Balaban J connectivity index is 2.38. The molecule has 0 spiro atoms. The first-order chi connectivity index (χ1) is 8.79. The molecule has 1 aromatic carbocycles. The van der Waals surface area contributed by atoms with Crippen molar-refractivity contribution in [2.75, 3.05) is 4.72 Å². The van der Waals surface area contributed by atoms with Gasteiger partial charge in [-0.25, -0.2) is 8.42 Å². The van der Waals surface area contributed by atoms with Gasteiger partial charge in [0.25, 0.3) is 10.0 Å². The van der Waals surface area contributed by atoms with Crippen molar-refractivity contribution in [3.63, 3.8) is 0 Å². The second-order valence-corrected chi connectivity index (χ2v) is 8.49. The van der Waals surface area contributed by atoms with Crippen LogP contribution in [0, 0.1) is 13.8 Å². The number of benzene rings is 1. The maximum atomic E-state index is 12.2. The van der Waals surface area contributed by atoms with Crippen LogP contribution in [0.5, 0.6) is 5.75 Å². The number of anilines is 1. The Morgan fingerprint density at radius 2 is 1.89 bits per heavy atom. The first kappa shape index (κ1) is 14.4. The normalized spacial score (nSPS) is 11.5. The molecule has 1 aromatic heterocycles. The van der Waals surface area contributed by atoms with E-state index in [4.69, 9.17) is 0 Å². The van der Waals surface area contributed by atoms with E-state index in [-0.39, 0.29) is 9.96 Å². The minimum atomic E-state index is -3.59. The van der Waals surface area contributed by atoms with Gasteiger partial charge in [0.1, 0.15) is 9.96 Å². The minimum Gasteiger partial charge on any atom is -0.508 e. The molecular formula is C12H12BrNO3S2. The molecule has 2 rings (SSSR count). The highest BCUT2D eigenvalue weighted by Crippen LogP contribution is 2.30. The molecule has 19 heavy (non-hydrogen) atoms. The van der Waals surface area contributed by atoms with Crippen LogP contribution in [0.4, 0.5) is 5.69 Å². The molecule has 0 radical (unpaired) electrons. The number of phenols is 1. The van der Waals surface area contributed by atoms with Crippen molar-refractivity contribution in [1.29, 1.82) is 0 Å². The van der Waals surface area contributed by atoms with Gasteiger partial charge in [0.2, 0.25) is 0 Å². The number of hydrogen-bond donors (Lipinski definition) is 2. The Hall–Kier alpha value is -1.05. The number of aromatic hydroxyl groups is 1. The highest BCUT2D eigenvalue weighted by molar-refractivity contribution is 9.11. The first-order valence-electron chi connectivity index (χ1n) is 5.38. The monoisotopic (exact) mass is 361 g/mol. The van der Waals surface area contributed by atoms with E-state index in [1.54, 1.807) is 32.0 Å². The van der Waals surface area contributed by atoms with E-state index in [1.165, 1.54) is 6.07 Å². The van der Waals surface area contributed by atoms with Crippen molar-refractivity contribution < 1.29 is 13.5 Å². The highest BCUT2D eigenvalue weighted by atomic mass is 79.9. The summed E-state index contributed by atoms with van der Waals surface area (Å²) < 4.78 is 27.9. The van der Waals surface area contributed by atoms with Gasteiger partial charge >= 0.3 is 0 Å². The van der Waals surface area contributed by atoms with Crippen molar-refractivity contribution in [2.24, 2.45) is 0 Å². The maximum absolute atomic E-state index is 12.2. The molecule has 1 heterocycles. The van der Waals surface area contributed by atoms with Crippen LogP contribution in [0.2, 0.25) is 0 Å². The number of thiophene rings is 1. The third-order valence-corrected chi connectivity index (χ3v) is 6.08. The molecular weight excluding hydrogens is 350 g/mol. The molecule has 0 aliphatic rings. The summed E-state index contributed by atoms with van der Waals surface area (Å²) in [5.74, 6) is 0.152. The molecule has 102 valence electrons. The Labute approximate surface area is 124 Å². The number of aryl methyl sites for hydroxylation is 2. The fraction of sp³-hybridized carbons (Fsp3) is 0.167. The number of halogens is 1. The molecule has 0 atom stereocenters. The predicted molar refractivity (Wildman–Crippen MR) is 80.4 cm³/mol. The zero-order valence-corrected chi connectivity index (χ0v) is 13.5. The second kappa shape index (κ2) is 5.15. The largest absolute Gasteiger partial charge is 0.508 e. The van der Waals surface area contributed by atoms with Crippen LogP contribution in [0.25, 0.3) is 0 Å². The Morgan fingerprint density at radius 3 is 2.47 bits per heavy atom. The van der Waals surface area contributed by atoms with Gasteiger partial charge in [-0.15, -0.1) is 11.3 Å². The number of hydrogen-bond acceptors (Lipinski definition) is 4. The topological polar surface area (TPSA) is 66.4 Å². The van der Waals surface area contributed by atoms with Crippen LogP contribution in [0.1, 0.15) is 11.1 Å². The lowest BCUT2D eigenvalue weighted by molar-refractivity contribution is 0.471. The van der Waals surface area contributed by atoms with Gasteiger partial charge in [0.05, 0.1) is 9.47 Å². The van der Waals surface area contributed by atoms with Crippen molar-refractivity contribution >= 4 is 43.0 Å². The summed E-state index contributed by atoms with van der Waals surface area (Å²) in [5.41, 5.74) is 1.76. The number of phenolic OH excluding ortho intramolecular Hbond substituents is 1. The average molecular weight is 362 g/mol. The van der Waals surface area contributed by atoms with E-state index in [2.05, 4.69) is 20.7 Å². The molecule has 0 saturated heterocycles. The fourth-order valence-corrected chi connectivity index (χ4v) is 4.68. The average Bonchev–Trinajstić information content (AvgIpc) is 2.73. The predicted octanol–water partition coefficient (Wildman–Crippen LogP) is 3.63. The van der Waals surface area contributed by atoms with Crippen LogP contribution in [-0.2, 0) is 10.0 Å². The number of rotatable bonds is 3. The van der Waals surface area contributed by atoms with E-state index in [1.807, 2.05) is 0 Å². The molecule has 0 saturated carbocycles. The lowest BCUT2D eigenvalue weighted by atomic mass is 10.1. The van der Waals surface area contributed by atoms with Gasteiger partial charge in [0, 0.05) is 0 Å². The molecule has 2 aromatic rings. The van der Waals surface area contributed by atoms with Gasteiger partial charge in [-0.1, -0.05) is 0 Å². The zero-order valence-electron chi connectivity index (χ0n) is 10.3. The summed E-state index contributed by atoms with van der Waals surface area (Å²) >= 11 is 4.38. The van der Waals surface area contributed by atoms with Gasteiger partial charge in [-0.05, 0) is 65.2 Å². The van der Waals surface area contributed by atoms with Crippen LogP contribution in [-0.4, -0.2) is 13.5 Å². The summed E-state index contributed by atoms with van der Waals surface area (Å²) in [6.45, 7) is 3.45. The summed E-state index contributed by atoms with van der Waals surface area (Å²) in [5, 5.41) is 9.56. The Kier molecular flexibility index (Phi) is 3.89. The molecule has 0 aliphatic heterocycles. The fourth-order valence-electron chi connectivity index (χ4n) is 1.55. The van der Waals surface area contributed by atoms with Gasteiger partial charge in [-0.3, -0.25) is 4.72 Å². The minimum absolute atomic E-state index is 0.152. The van der Waals surface area contributed by atoms with E-state index in [0.717, 1.165) is 15.1 Å². The smallest absolute Gasteiger partial charge is 0.271 e. The van der Waals surface area contributed by atoms with E-state index >= 15 is 0 Å². The van der Waals surface area contributed by atoms with Crippen molar-refractivity contribution in [3.05, 3.63) is 39.2 Å². The quantitative estimate of drug-likeness (QED) is 0.820. The summed E-state index contributed by atoms with van der Waals surface area (Å²) in [6, 6.07) is 6.39. The maximum Gasteiger partial charge on any atom is 0.271 e. The molecule has 0 fully saturated rings. The number of sulfonamides is 1. The third kappa shape index (κ3) is 3.10. The second-order valence-electron chi connectivity index (χ2n) is 4.12. The third-order valence-electron chi connectivity index (χ3n) is 2.60. The van der Waals surface area contributed by atoms with E-state index in [0.29, 0.717) is 16.8 Å². The molecule has 2 N–H and O–H groups in total. The lowest BCUT2D eigenvalue weighted by Crippen LogP contribution is -2.12. The van der Waals surface area contributed by atoms with Crippen LogP contribution in [0.3, 0.4) is 0 Å². The van der Waals surface area contributed by atoms with Crippen LogP contribution in [0.15, 0.2) is 32.3 Å². The van der Waals surface area contributed by atoms with E-state index < -0.39 is 10.0 Å². The number of nitrogens with one attached hydrogen (secondary N) is 1.